The van der Waals surface area contributed by atoms with E-state index in [4.69, 9.17) is 5.73 Å². The van der Waals surface area contributed by atoms with E-state index < -0.39 is 0 Å². The SMILES string of the molecule is CN.CNc1cccc(-c2ccnc(C/C=C(\C=C/N)c3ccccc3)c2)c1. The van der Waals surface area contributed by atoms with Gasteiger partial charge in [-0.15, -0.1) is 0 Å². The third-order valence-corrected chi connectivity index (χ3v) is 4.22. The Morgan fingerprint density at radius 2 is 1.71 bits per heavy atom. The van der Waals surface area contributed by atoms with Crippen LogP contribution < -0.4 is 16.8 Å². The maximum Gasteiger partial charge on any atom is 0.0447 e. The zero-order chi connectivity index (χ0) is 20.2. The summed E-state index contributed by atoms with van der Waals surface area (Å²) in [5, 5.41) is 3.18. The number of nitrogens with one attached hydrogen (secondary N) is 1. The number of hydrogen-bond donors (Lipinski definition) is 3. The Bertz CT molecular complexity index is 915. The van der Waals surface area contributed by atoms with E-state index in [0.717, 1.165) is 34.5 Å². The van der Waals surface area contributed by atoms with Gasteiger partial charge in [-0.2, -0.15) is 0 Å². The van der Waals surface area contributed by atoms with E-state index in [1.807, 2.05) is 43.6 Å². The van der Waals surface area contributed by atoms with Gasteiger partial charge in [-0.25, -0.2) is 0 Å². The molecule has 0 aliphatic rings. The Morgan fingerprint density at radius 1 is 0.964 bits per heavy atom. The average Bonchev–Trinajstić information content (AvgIpc) is 2.79. The van der Waals surface area contributed by atoms with Crippen LogP contribution in [-0.4, -0.2) is 19.1 Å². The molecule has 144 valence electrons. The van der Waals surface area contributed by atoms with Crippen LogP contribution in [0, 0.1) is 0 Å². The number of allylic oxidation sites excluding steroid dienone is 3. The number of pyridine rings is 1. The minimum Gasteiger partial charge on any atom is -0.405 e. The number of nitrogens with two attached hydrogens (primary N) is 2. The highest BCUT2D eigenvalue weighted by molar-refractivity contribution is 5.74. The number of benzene rings is 2. The van der Waals surface area contributed by atoms with Crippen molar-refractivity contribution in [3.63, 3.8) is 0 Å². The van der Waals surface area contributed by atoms with Gasteiger partial charge in [0, 0.05) is 31.0 Å². The average molecular weight is 373 g/mol. The van der Waals surface area contributed by atoms with Crippen molar-refractivity contribution in [3.05, 3.63) is 103 Å². The minimum atomic E-state index is 0.744. The van der Waals surface area contributed by atoms with E-state index in [-0.39, 0.29) is 0 Å². The fraction of sp³-hybridized carbons (Fsp3) is 0.125. The molecule has 0 aliphatic heterocycles. The predicted molar refractivity (Wildman–Crippen MR) is 121 cm³/mol. The van der Waals surface area contributed by atoms with Crippen molar-refractivity contribution in [2.24, 2.45) is 11.5 Å². The van der Waals surface area contributed by atoms with Gasteiger partial charge in [0.15, 0.2) is 0 Å². The third kappa shape index (κ3) is 5.83. The summed E-state index contributed by atoms with van der Waals surface area (Å²) >= 11 is 0. The Hall–Kier alpha value is -3.37. The lowest BCUT2D eigenvalue weighted by Crippen LogP contribution is -1.92. The fourth-order valence-corrected chi connectivity index (χ4v) is 2.85. The molecule has 3 aromatic rings. The molecule has 0 fully saturated rings. The van der Waals surface area contributed by atoms with Gasteiger partial charge in [-0.05, 0) is 65.9 Å². The van der Waals surface area contributed by atoms with Crippen LogP contribution in [0.4, 0.5) is 5.69 Å². The molecule has 4 heteroatoms. The smallest absolute Gasteiger partial charge is 0.0447 e. The number of nitrogens with zero attached hydrogens (tertiary/aromatic N) is 1. The molecule has 0 aliphatic carbocycles. The number of anilines is 1. The van der Waals surface area contributed by atoms with E-state index in [9.17, 15) is 0 Å². The summed E-state index contributed by atoms with van der Waals surface area (Å²) in [6, 6.07) is 22.8. The molecule has 0 radical (unpaired) electrons. The lowest BCUT2D eigenvalue weighted by Gasteiger charge is -2.07. The highest BCUT2D eigenvalue weighted by atomic mass is 14.8. The Labute approximate surface area is 167 Å². The van der Waals surface area contributed by atoms with Crippen molar-refractivity contribution in [1.82, 2.24) is 4.98 Å². The molecule has 0 bridgehead atoms. The first kappa shape index (κ1) is 20.9. The zero-order valence-corrected chi connectivity index (χ0v) is 16.5. The second-order valence-corrected chi connectivity index (χ2v) is 5.96. The van der Waals surface area contributed by atoms with Gasteiger partial charge >= 0.3 is 0 Å². The molecule has 0 spiro atoms. The van der Waals surface area contributed by atoms with E-state index in [1.165, 1.54) is 12.6 Å². The molecule has 0 saturated carbocycles. The molecule has 1 aromatic heterocycles. The van der Waals surface area contributed by atoms with Crippen molar-refractivity contribution in [1.29, 1.82) is 0 Å². The summed E-state index contributed by atoms with van der Waals surface area (Å²) in [5.41, 5.74) is 16.8. The first-order chi connectivity index (χ1) is 13.8. The van der Waals surface area contributed by atoms with Gasteiger partial charge in [-0.1, -0.05) is 48.5 Å². The molecule has 0 atom stereocenters. The molecule has 3 rings (SSSR count). The molecular weight excluding hydrogens is 344 g/mol. The fourth-order valence-electron chi connectivity index (χ4n) is 2.85. The van der Waals surface area contributed by atoms with E-state index in [2.05, 4.69) is 64.6 Å². The zero-order valence-electron chi connectivity index (χ0n) is 16.5. The Balaban J connectivity index is 0.00000136. The standard InChI is InChI=1S/C23H23N3.CH5N/c1-25-22-9-5-8-20(16-22)21-13-15-26-23(17-21)11-10-19(12-14-24)18-6-3-2-4-7-18;1-2/h2-10,12-17,25H,11,24H2,1H3;2H2,1H3/b14-12-,19-10+;. The molecular formula is C24H28N4. The number of hydrogen-bond acceptors (Lipinski definition) is 4. The van der Waals surface area contributed by atoms with Crippen molar-refractivity contribution >= 4 is 11.3 Å². The highest BCUT2D eigenvalue weighted by Crippen LogP contribution is 2.23. The molecule has 5 N–H and O–H groups in total. The van der Waals surface area contributed by atoms with Crippen molar-refractivity contribution in [3.8, 4) is 11.1 Å². The maximum atomic E-state index is 5.62. The van der Waals surface area contributed by atoms with E-state index in [1.54, 1.807) is 6.20 Å². The van der Waals surface area contributed by atoms with Crippen molar-refractivity contribution in [2.75, 3.05) is 19.4 Å². The molecule has 0 amide bonds. The normalized spacial score (nSPS) is 11.0. The van der Waals surface area contributed by atoms with Crippen LogP contribution in [0.1, 0.15) is 11.3 Å². The van der Waals surface area contributed by atoms with Crippen LogP contribution in [0.5, 0.6) is 0 Å². The molecule has 2 aromatic carbocycles. The van der Waals surface area contributed by atoms with Gasteiger partial charge in [0.05, 0.1) is 0 Å². The van der Waals surface area contributed by atoms with Crippen molar-refractivity contribution in [2.45, 2.75) is 6.42 Å². The van der Waals surface area contributed by atoms with Crippen LogP contribution in [0.3, 0.4) is 0 Å². The predicted octanol–water partition coefficient (Wildman–Crippen LogP) is 4.46. The van der Waals surface area contributed by atoms with Crippen molar-refractivity contribution < 1.29 is 0 Å². The lowest BCUT2D eigenvalue weighted by atomic mass is 10.0. The van der Waals surface area contributed by atoms with Gasteiger partial charge in [0.25, 0.3) is 0 Å². The third-order valence-electron chi connectivity index (χ3n) is 4.22. The van der Waals surface area contributed by atoms with Crippen LogP contribution in [0.15, 0.2) is 91.3 Å². The summed E-state index contributed by atoms with van der Waals surface area (Å²) in [5.74, 6) is 0. The highest BCUT2D eigenvalue weighted by Gasteiger charge is 2.02. The first-order valence-corrected chi connectivity index (χ1v) is 9.25. The van der Waals surface area contributed by atoms with Gasteiger partial charge in [0.2, 0.25) is 0 Å². The summed E-state index contributed by atoms with van der Waals surface area (Å²) in [7, 11) is 3.43. The Kier molecular flexibility index (Phi) is 8.50. The Morgan fingerprint density at radius 3 is 2.43 bits per heavy atom. The first-order valence-electron chi connectivity index (χ1n) is 9.25. The molecule has 0 unspecified atom stereocenters. The second kappa shape index (κ2) is 11.4. The van der Waals surface area contributed by atoms with Gasteiger partial charge < -0.3 is 16.8 Å². The summed E-state index contributed by atoms with van der Waals surface area (Å²) < 4.78 is 0. The van der Waals surface area contributed by atoms with Crippen LogP contribution in [0.2, 0.25) is 0 Å². The summed E-state index contributed by atoms with van der Waals surface area (Å²) in [6.07, 6.45) is 8.27. The summed E-state index contributed by atoms with van der Waals surface area (Å²) in [4.78, 5) is 4.52. The summed E-state index contributed by atoms with van der Waals surface area (Å²) in [6.45, 7) is 0. The molecule has 1 heterocycles. The van der Waals surface area contributed by atoms with Crippen LogP contribution >= 0.6 is 0 Å². The van der Waals surface area contributed by atoms with Gasteiger partial charge in [-0.3, -0.25) is 4.98 Å². The minimum absolute atomic E-state index is 0.744. The maximum absolute atomic E-state index is 5.62. The molecule has 0 saturated heterocycles. The number of rotatable bonds is 6. The molecule has 4 nitrogen and oxygen atoms in total. The number of aromatic nitrogens is 1. The monoisotopic (exact) mass is 372 g/mol. The topological polar surface area (TPSA) is 77.0 Å². The molecule has 28 heavy (non-hydrogen) atoms. The second-order valence-electron chi connectivity index (χ2n) is 5.96. The largest absolute Gasteiger partial charge is 0.405 e. The van der Waals surface area contributed by atoms with Gasteiger partial charge in [0.1, 0.15) is 0 Å². The van der Waals surface area contributed by atoms with Crippen LogP contribution in [0.25, 0.3) is 16.7 Å². The van der Waals surface area contributed by atoms with Crippen LogP contribution in [-0.2, 0) is 6.42 Å². The van der Waals surface area contributed by atoms with E-state index in [0.29, 0.717) is 0 Å². The van der Waals surface area contributed by atoms with E-state index >= 15 is 0 Å². The quantitative estimate of drug-likeness (QED) is 0.558. The lowest BCUT2D eigenvalue weighted by molar-refractivity contribution is 1.11.